The normalized spacial score (nSPS) is 16.0. The lowest BCUT2D eigenvalue weighted by molar-refractivity contribution is -0.136. The molecule has 1 aliphatic heterocycles. The largest absolute Gasteiger partial charge is 0.497 e. The van der Waals surface area contributed by atoms with E-state index in [0.717, 1.165) is 24.2 Å². The minimum absolute atomic E-state index is 0.0880. The highest BCUT2D eigenvalue weighted by Crippen LogP contribution is 2.26. The molecule has 0 aliphatic carbocycles. The number of rotatable bonds is 6. The van der Waals surface area contributed by atoms with Crippen molar-refractivity contribution >= 4 is 11.9 Å². The smallest absolute Gasteiger partial charge is 0.339 e. The Morgan fingerprint density at radius 2 is 1.89 bits per heavy atom. The Bertz CT molecular complexity index is 836. The molecule has 1 N–H and O–H groups in total. The average Bonchev–Trinajstić information content (AvgIpc) is 3.09. The number of hydrogen-bond donors (Lipinski definition) is 1. The third-order valence-electron chi connectivity index (χ3n) is 5.52. The fourth-order valence-corrected chi connectivity index (χ4v) is 3.85. The van der Waals surface area contributed by atoms with Crippen molar-refractivity contribution in [2.45, 2.75) is 39.2 Å². The van der Waals surface area contributed by atoms with Crippen molar-refractivity contribution in [1.29, 1.82) is 0 Å². The summed E-state index contributed by atoms with van der Waals surface area (Å²) in [4.78, 5) is 26.0. The quantitative estimate of drug-likeness (QED) is 0.826. The third-order valence-corrected chi connectivity index (χ3v) is 5.52. The SMILES string of the molecule is COc1ccc(CC(C)C(=O)N2CCC(n3ncc(C(=O)O)c3C)CC2)cc1. The Hall–Kier alpha value is -2.83. The van der Waals surface area contributed by atoms with Gasteiger partial charge in [0, 0.05) is 19.0 Å². The van der Waals surface area contributed by atoms with Crippen molar-refractivity contribution < 1.29 is 19.4 Å². The molecule has 2 aromatic rings. The number of amides is 1. The van der Waals surface area contributed by atoms with Crippen molar-refractivity contribution in [3.05, 3.63) is 47.3 Å². The van der Waals surface area contributed by atoms with Gasteiger partial charge in [0.15, 0.2) is 0 Å². The van der Waals surface area contributed by atoms with Crippen molar-refractivity contribution in [1.82, 2.24) is 14.7 Å². The molecule has 1 atom stereocenters. The van der Waals surface area contributed by atoms with Crippen LogP contribution >= 0.6 is 0 Å². The van der Waals surface area contributed by atoms with Crippen LogP contribution < -0.4 is 4.74 Å². The summed E-state index contributed by atoms with van der Waals surface area (Å²) in [5.74, 6) is -0.0684. The van der Waals surface area contributed by atoms with E-state index in [4.69, 9.17) is 4.74 Å². The number of benzene rings is 1. The molecule has 0 radical (unpaired) electrons. The van der Waals surface area contributed by atoms with Crippen LogP contribution in [-0.2, 0) is 11.2 Å². The van der Waals surface area contributed by atoms with E-state index < -0.39 is 5.97 Å². The van der Waals surface area contributed by atoms with Gasteiger partial charge in [0.2, 0.25) is 5.91 Å². The molecule has 0 spiro atoms. The first-order valence-corrected chi connectivity index (χ1v) is 9.59. The van der Waals surface area contributed by atoms with E-state index in [1.807, 2.05) is 36.1 Å². The van der Waals surface area contributed by atoms with Gasteiger partial charge in [0.25, 0.3) is 0 Å². The summed E-state index contributed by atoms with van der Waals surface area (Å²) in [6, 6.07) is 7.95. The van der Waals surface area contributed by atoms with Gasteiger partial charge in [-0.1, -0.05) is 19.1 Å². The molecule has 1 amide bonds. The second-order valence-electron chi connectivity index (χ2n) is 7.40. The summed E-state index contributed by atoms with van der Waals surface area (Å²) in [6.07, 6.45) is 3.67. The monoisotopic (exact) mass is 385 g/mol. The van der Waals surface area contributed by atoms with Gasteiger partial charge in [0.05, 0.1) is 25.0 Å². The number of carbonyl (C=O) groups is 2. The first-order valence-electron chi connectivity index (χ1n) is 9.59. The molecule has 1 fully saturated rings. The summed E-state index contributed by atoms with van der Waals surface area (Å²) in [5.41, 5.74) is 2.03. The van der Waals surface area contributed by atoms with E-state index in [9.17, 15) is 14.7 Å². The fourth-order valence-electron chi connectivity index (χ4n) is 3.85. The molecule has 7 nitrogen and oxygen atoms in total. The highest BCUT2D eigenvalue weighted by molar-refractivity contribution is 5.88. The van der Waals surface area contributed by atoms with Gasteiger partial charge in [-0.3, -0.25) is 9.48 Å². The molecule has 28 heavy (non-hydrogen) atoms. The maximum absolute atomic E-state index is 12.8. The summed E-state index contributed by atoms with van der Waals surface area (Å²) >= 11 is 0. The molecule has 3 rings (SSSR count). The van der Waals surface area contributed by atoms with Gasteiger partial charge in [-0.25, -0.2) is 4.79 Å². The Kier molecular flexibility index (Phi) is 6.02. The van der Waals surface area contributed by atoms with Crippen LogP contribution in [0.5, 0.6) is 5.75 Å². The predicted molar refractivity (Wildman–Crippen MR) is 105 cm³/mol. The minimum Gasteiger partial charge on any atom is -0.497 e. The number of likely N-dealkylation sites (tertiary alicyclic amines) is 1. The van der Waals surface area contributed by atoms with Crippen molar-refractivity contribution in [3.63, 3.8) is 0 Å². The maximum atomic E-state index is 12.8. The van der Waals surface area contributed by atoms with Crippen LogP contribution in [0.15, 0.2) is 30.5 Å². The van der Waals surface area contributed by atoms with Gasteiger partial charge < -0.3 is 14.7 Å². The number of carbonyl (C=O) groups excluding carboxylic acids is 1. The molecule has 0 bridgehead atoms. The van der Waals surface area contributed by atoms with Crippen LogP contribution in [0, 0.1) is 12.8 Å². The second kappa shape index (κ2) is 8.46. The first kappa shape index (κ1) is 19.9. The maximum Gasteiger partial charge on any atom is 0.339 e. The Morgan fingerprint density at radius 3 is 2.43 bits per heavy atom. The number of aromatic nitrogens is 2. The van der Waals surface area contributed by atoms with Gasteiger partial charge in [-0.05, 0) is 43.9 Å². The summed E-state index contributed by atoms with van der Waals surface area (Å²) < 4.78 is 6.97. The van der Waals surface area contributed by atoms with E-state index in [1.165, 1.54) is 6.20 Å². The van der Waals surface area contributed by atoms with Crippen LogP contribution in [0.2, 0.25) is 0 Å². The van der Waals surface area contributed by atoms with Crippen LogP contribution in [0.1, 0.15) is 47.4 Å². The van der Waals surface area contributed by atoms with Crippen molar-refractivity contribution in [2.24, 2.45) is 5.92 Å². The molecular formula is C21H27N3O4. The summed E-state index contributed by atoms with van der Waals surface area (Å²) in [7, 11) is 1.64. The summed E-state index contributed by atoms with van der Waals surface area (Å²) in [6.45, 7) is 5.08. The zero-order valence-electron chi connectivity index (χ0n) is 16.6. The molecule has 1 unspecified atom stereocenters. The van der Waals surface area contributed by atoms with E-state index in [2.05, 4.69) is 5.10 Å². The van der Waals surface area contributed by atoms with Crippen molar-refractivity contribution in [2.75, 3.05) is 20.2 Å². The molecule has 1 saturated heterocycles. The Labute approximate surface area is 164 Å². The topological polar surface area (TPSA) is 84.7 Å². The molecule has 150 valence electrons. The van der Waals surface area contributed by atoms with Gasteiger partial charge in [-0.2, -0.15) is 5.10 Å². The number of piperidine rings is 1. The zero-order valence-corrected chi connectivity index (χ0v) is 16.6. The Balaban J connectivity index is 1.56. The molecule has 0 saturated carbocycles. The van der Waals surface area contributed by atoms with Gasteiger partial charge in [-0.15, -0.1) is 0 Å². The molecule has 1 aliphatic rings. The highest BCUT2D eigenvalue weighted by Gasteiger charge is 2.28. The molecule has 7 heteroatoms. The van der Waals surface area contributed by atoms with Gasteiger partial charge in [0.1, 0.15) is 11.3 Å². The van der Waals surface area contributed by atoms with Crippen LogP contribution in [0.25, 0.3) is 0 Å². The molecule has 1 aromatic heterocycles. The summed E-state index contributed by atoms with van der Waals surface area (Å²) in [5, 5.41) is 13.4. The Morgan fingerprint density at radius 1 is 1.25 bits per heavy atom. The van der Waals surface area contributed by atoms with Gasteiger partial charge >= 0.3 is 5.97 Å². The second-order valence-corrected chi connectivity index (χ2v) is 7.40. The number of nitrogens with zero attached hydrogens (tertiary/aromatic N) is 3. The standard InChI is InChI=1S/C21H27N3O4/c1-14(12-16-4-6-18(28-3)7-5-16)20(25)23-10-8-17(9-11-23)24-15(2)19(13-22-24)21(26)27/h4-7,13-14,17H,8-12H2,1-3H3,(H,26,27). The predicted octanol–water partition coefficient (Wildman–Crippen LogP) is 2.94. The average molecular weight is 385 g/mol. The van der Waals surface area contributed by atoms with E-state index >= 15 is 0 Å². The number of aromatic carboxylic acids is 1. The van der Waals surface area contributed by atoms with Crippen LogP contribution in [0.4, 0.5) is 0 Å². The van der Waals surface area contributed by atoms with Crippen LogP contribution in [-0.4, -0.2) is 51.9 Å². The number of carboxylic acid groups (broad SMARTS) is 1. The third kappa shape index (κ3) is 4.18. The highest BCUT2D eigenvalue weighted by atomic mass is 16.5. The lowest BCUT2D eigenvalue weighted by Crippen LogP contribution is -2.42. The molecular weight excluding hydrogens is 358 g/mol. The van der Waals surface area contributed by atoms with E-state index in [0.29, 0.717) is 25.2 Å². The lowest BCUT2D eigenvalue weighted by atomic mass is 9.97. The van der Waals surface area contributed by atoms with Crippen LogP contribution in [0.3, 0.4) is 0 Å². The lowest BCUT2D eigenvalue weighted by Gasteiger charge is -2.34. The first-order chi connectivity index (χ1) is 13.4. The molecule has 2 heterocycles. The zero-order chi connectivity index (χ0) is 20.3. The number of carboxylic acids is 1. The number of methoxy groups -OCH3 is 1. The van der Waals surface area contributed by atoms with E-state index in [1.54, 1.807) is 18.7 Å². The number of ether oxygens (including phenoxy) is 1. The van der Waals surface area contributed by atoms with Crippen molar-refractivity contribution in [3.8, 4) is 5.75 Å². The minimum atomic E-state index is -0.955. The number of hydrogen-bond acceptors (Lipinski definition) is 4. The molecule has 1 aromatic carbocycles. The fraction of sp³-hybridized carbons (Fsp3) is 0.476. The van der Waals surface area contributed by atoms with E-state index in [-0.39, 0.29) is 23.4 Å².